The Morgan fingerprint density at radius 2 is 2.00 bits per heavy atom. The fourth-order valence-electron chi connectivity index (χ4n) is 2.48. The summed E-state index contributed by atoms with van der Waals surface area (Å²) in [5.74, 6) is 0.0460. The van der Waals surface area contributed by atoms with Crippen LogP contribution in [-0.2, 0) is 17.9 Å². The quantitative estimate of drug-likeness (QED) is 0.852. The predicted octanol–water partition coefficient (Wildman–Crippen LogP) is 2.14. The zero-order valence-electron chi connectivity index (χ0n) is 14.4. The molecule has 23 heavy (non-hydrogen) atoms. The molecule has 0 saturated carbocycles. The van der Waals surface area contributed by atoms with Gasteiger partial charge in [0.2, 0.25) is 5.91 Å². The second-order valence-corrected chi connectivity index (χ2v) is 6.01. The molecular weight excluding hydrogens is 288 g/mol. The molecule has 0 unspecified atom stereocenters. The highest BCUT2D eigenvalue weighted by Crippen LogP contribution is 2.04. The topological polar surface area (TPSA) is 50.2 Å². The fraction of sp³-hybridized carbons (Fsp3) is 0.444. The van der Waals surface area contributed by atoms with Gasteiger partial charge in [-0.3, -0.25) is 14.4 Å². The first-order valence-corrected chi connectivity index (χ1v) is 8.00. The summed E-state index contributed by atoms with van der Waals surface area (Å²) in [6, 6.07) is 11.8. The molecule has 5 heteroatoms. The van der Waals surface area contributed by atoms with E-state index in [0.29, 0.717) is 6.54 Å². The molecule has 0 aliphatic heterocycles. The van der Waals surface area contributed by atoms with E-state index < -0.39 is 0 Å². The number of hydrogen-bond acceptors (Lipinski definition) is 3. The molecule has 0 saturated heterocycles. The van der Waals surface area contributed by atoms with E-state index in [9.17, 15) is 4.79 Å². The van der Waals surface area contributed by atoms with E-state index in [1.54, 1.807) is 0 Å². The highest BCUT2D eigenvalue weighted by molar-refractivity contribution is 5.81. The number of likely N-dealkylation sites (N-methyl/N-ethyl adjacent to an activating group) is 1. The summed E-state index contributed by atoms with van der Waals surface area (Å²) in [6.07, 6.45) is 0. The largest absolute Gasteiger partial charge is 0.351 e. The maximum Gasteiger partial charge on any atom is 0.237 e. The van der Waals surface area contributed by atoms with Crippen LogP contribution >= 0.6 is 0 Å². The van der Waals surface area contributed by atoms with Gasteiger partial charge in [0, 0.05) is 18.8 Å². The highest BCUT2D eigenvalue weighted by Gasteiger charge is 2.17. The lowest BCUT2D eigenvalue weighted by atomic mass is 10.2. The molecule has 124 valence electrons. The van der Waals surface area contributed by atoms with E-state index in [0.717, 1.165) is 30.0 Å². The predicted molar refractivity (Wildman–Crippen MR) is 92.1 cm³/mol. The molecule has 1 heterocycles. The zero-order chi connectivity index (χ0) is 16.8. The first kappa shape index (κ1) is 17.2. The minimum Gasteiger partial charge on any atom is -0.351 e. The first-order chi connectivity index (χ1) is 11.0. The van der Waals surface area contributed by atoms with E-state index in [1.165, 1.54) is 0 Å². The molecule has 0 bridgehead atoms. The molecule has 1 aromatic heterocycles. The van der Waals surface area contributed by atoms with Gasteiger partial charge in [0.05, 0.1) is 18.3 Å². The van der Waals surface area contributed by atoms with Gasteiger partial charge in [-0.15, -0.1) is 0 Å². The average molecular weight is 314 g/mol. The van der Waals surface area contributed by atoms with Crippen molar-refractivity contribution in [3.63, 3.8) is 0 Å². The second-order valence-electron chi connectivity index (χ2n) is 6.01. The molecule has 2 rings (SSSR count). The van der Waals surface area contributed by atoms with Crippen LogP contribution < -0.4 is 5.32 Å². The van der Waals surface area contributed by atoms with Crippen molar-refractivity contribution in [2.75, 3.05) is 13.6 Å². The third-order valence-electron chi connectivity index (χ3n) is 4.12. The number of aryl methyl sites for hydroxylation is 2. The molecule has 0 aliphatic rings. The Labute approximate surface area is 138 Å². The summed E-state index contributed by atoms with van der Waals surface area (Å²) >= 11 is 0. The number of nitrogens with one attached hydrogen (secondary N) is 1. The molecule has 5 nitrogen and oxygen atoms in total. The van der Waals surface area contributed by atoms with Crippen LogP contribution in [0, 0.1) is 13.8 Å². The van der Waals surface area contributed by atoms with E-state index in [-0.39, 0.29) is 11.9 Å². The number of hydrogen-bond donors (Lipinski definition) is 1. The lowest BCUT2D eigenvalue weighted by Crippen LogP contribution is -2.44. The number of amides is 1. The number of benzene rings is 1. The number of aromatic nitrogens is 2. The Morgan fingerprint density at radius 3 is 2.61 bits per heavy atom. The smallest absolute Gasteiger partial charge is 0.237 e. The molecule has 0 fully saturated rings. The van der Waals surface area contributed by atoms with Gasteiger partial charge < -0.3 is 5.32 Å². The average Bonchev–Trinajstić information content (AvgIpc) is 2.88. The van der Waals surface area contributed by atoms with Crippen molar-refractivity contribution < 1.29 is 4.79 Å². The van der Waals surface area contributed by atoms with Crippen LogP contribution in [0.4, 0.5) is 0 Å². The Bertz CT molecular complexity index is 636. The Balaban J connectivity index is 1.80. The van der Waals surface area contributed by atoms with Crippen molar-refractivity contribution >= 4 is 5.91 Å². The molecule has 1 N–H and O–H groups in total. The third kappa shape index (κ3) is 4.93. The van der Waals surface area contributed by atoms with Crippen LogP contribution in [0.2, 0.25) is 0 Å². The molecule has 1 aromatic carbocycles. The normalized spacial score (nSPS) is 12.4. The maximum absolute atomic E-state index is 12.3. The van der Waals surface area contributed by atoms with Gasteiger partial charge in [-0.25, -0.2) is 0 Å². The number of rotatable bonds is 7. The molecular formula is C18H26N4O. The summed E-state index contributed by atoms with van der Waals surface area (Å²) in [5.41, 5.74) is 3.29. The molecule has 0 spiro atoms. The van der Waals surface area contributed by atoms with Crippen LogP contribution in [0.1, 0.15) is 23.9 Å². The Kier molecular flexibility index (Phi) is 5.93. The van der Waals surface area contributed by atoms with Crippen LogP contribution in [0.3, 0.4) is 0 Å². The molecule has 2 aromatic rings. The van der Waals surface area contributed by atoms with Gasteiger partial charge >= 0.3 is 0 Å². The molecule has 1 amide bonds. The summed E-state index contributed by atoms with van der Waals surface area (Å²) in [4.78, 5) is 14.3. The number of carbonyl (C=O) groups excluding carboxylic acids is 1. The minimum absolute atomic E-state index is 0.0460. The van der Waals surface area contributed by atoms with Gasteiger partial charge in [0.25, 0.3) is 0 Å². The van der Waals surface area contributed by atoms with Crippen molar-refractivity contribution in [1.29, 1.82) is 0 Å². The number of carbonyl (C=O) groups is 1. The summed E-state index contributed by atoms with van der Waals surface area (Å²) in [6.45, 7) is 8.11. The molecule has 0 radical (unpaired) electrons. The van der Waals surface area contributed by atoms with Gasteiger partial charge in [-0.1, -0.05) is 30.3 Å². The van der Waals surface area contributed by atoms with Gasteiger partial charge in [0.1, 0.15) is 0 Å². The maximum atomic E-state index is 12.3. The molecule has 0 aliphatic carbocycles. The standard InChI is InChI=1S/C18H26N4O/c1-14-12-15(2)22(20-14)11-10-21(4)16(3)18(23)19-13-17-8-6-5-7-9-17/h5-9,12,16H,10-11,13H2,1-4H3,(H,19,23)/t16-/m1/s1. The van der Waals surface area contributed by atoms with Gasteiger partial charge in [-0.05, 0) is 39.4 Å². The zero-order valence-corrected chi connectivity index (χ0v) is 14.4. The van der Waals surface area contributed by atoms with E-state index >= 15 is 0 Å². The summed E-state index contributed by atoms with van der Waals surface area (Å²) in [7, 11) is 1.97. The lowest BCUT2D eigenvalue weighted by Gasteiger charge is -2.24. The SMILES string of the molecule is Cc1cc(C)n(CCN(C)[C@H](C)C(=O)NCc2ccccc2)n1. The van der Waals surface area contributed by atoms with Crippen molar-refractivity contribution in [2.24, 2.45) is 0 Å². The van der Waals surface area contributed by atoms with Crippen LogP contribution in [-0.4, -0.2) is 40.2 Å². The molecule has 1 atom stereocenters. The van der Waals surface area contributed by atoms with Crippen molar-refractivity contribution in [2.45, 2.75) is 39.9 Å². The van der Waals surface area contributed by atoms with E-state index in [4.69, 9.17) is 0 Å². The number of nitrogens with zero attached hydrogens (tertiary/aromatic N) is 3. The lowest BCUT2D eigenvalue weighted by molar-refractivity contribution is -0.125. The Hall–Kier alpha value is -2.14. The van der Waals surface area contributed by atoms with Crippen LogP contribution in [0.25, 0.3) is 0 Å². The van der Waals surface area contributed by atoms with Crippen molar-refractivity contribution in [3.05, 3.63) is 53.3 Å². The second kappa shape index (κ2) is 7.92. The third-order valence-corrected chi connectivity index (χ3v) is 4.12. The Morgan fingerprint density at radius 1 is 1.30 bits per heavy atom. The van der Waals surface area contributed by atoms with E-state index in [2.05, 4.69) is 28.3 Å². The summed E-state index contributed by atoms with van der Waals surface area (Å²) < 4.78 is 1.99. The van der Waals surface area contributed by atoms with Gasteiger partial charge in [0.15, 0.2) is 0 Å². The van der Waals surface area contributed by atoms with Crippen molar-refractivity contribution in [3.8, 4) is 0 Å². The fourth-order valence-corrected chi connectivity index (χ4v) is 2.48. The summed E-state index contributed by atoms with van der Waals surface area (Å²) in [5, 5.41) is 7.44. The monoisotopic (exact) mass is 314 g/mol. The first-order valence-electron chi connectivity index (χ1n) is 8.00. The van der Waals surface area contributed by atoms with Crippen molar-refractivity contribution in [1.82, 2.24) is 20.0 Å². The van der Waals surface area contributed by atoms with Crippen LogP contribution in [0.15, 0.2) is 36.4 Å². The van der Waals surface area contributed by atoms with Gasteiger partial charge in [-0.2, -0.15) is 5.10 Å². The van der Waals surface area contributed by atoms with Crippen LogP contribution in [0.5, 0.6) is 0 Å². The highest BCUT2D eigenvalue weighted by atomic mass is 16.2. The van der Waals surface area contributed by atoms with E-state index in [1.807, 2.05) is 55.9 Å². The minimum atomic E-state index is -0.171.